The fourth-order valence-electron chi connectivity index (χ4n) is 1.91. The van der Waals surface area contributed by atoms with Gasteiger partial charge in [-0.1, -0.05) is 9.89 Å². The normalized spacial score (nSPS) is 11.1. The van der Waals surface area contributed by atoms with Crippen molar-refractivity contribution in [2.75, 3.05) is 12.8 Å². The van der Waals surface area contributed by atoms with E-state index in [1.807, 2.05) is 0 Å². The highest BCUT2D eigenvalue weighted by Gasteiger charge is 2.16. The molecule has 0 fully saturated rings. The van der Waals surface area contributed by atoms with Crippen molar-refractivity contribution in [3.05, 3.63) is 40.4 Å². The Kier molecular flexibility index (Phi) is 4.41. The number of aryl methyl sites for hydroxylation is 1. The summed E-state index contributed by atoms with van der Waals surface area (Å²) in [4.78, 5) is 1.39. The Morgan fingerprint density at radius 1 is 1.44 bits per heavy atom. The molecule has 0 spiro atoms. The second-order valence-electron chi connectivity index (χ2n) is 4.83. The second-order valence-corrected chi connectivity index (χ2v) is 4.83. The van der Waals surface area contributed by atoms with Gasteiger partial charge in [-0.3, -0.25) is 4.63 Å². The van der Waals surface area contributed by atoms with E-state index in [0.29, 0.717) is 27.7 Å². The summed E-state index contributed by atoms with van der Waals surface area (Å²) in [6, 6.07) is 5.12. The van der Waals surface area contributed by atoms with Crippen molar-refractivity contribution in [1.82, 2.24) is 25.5 Å². The Labute approximate surface area is 141 Å². The third-order valence-corrected chi connectivity index (χ3v) is 3.24. The quantitative estimate of drug-likeness (QED) is 0.466. The van der Waals surface area contributed by atoms with E-state index in [2.05, 4.69) is 30.4 Å². The van der Waals surface area contributed by atoms with Crippen LogP contribution < -0.4 is 20.1 Å². The van der Waals surface area contributed by atoms with E-state index in [-0.39, 0.29) is 18.2 Å². The predicted octanol–water partition coefficient (Wildman–Crippen LogP) is -0.345. The Bertz CT molecular complexity index is 884. The number of methoxy groups -OCH3 is 1. The molecule has 0 aliphatic heterocycles. The number of aromatic nitrogens is 6. The smallest absolute Gasteiger partial charge is 0.263 e. The summed E-state index contributed by atoms with van der Waals surface area (Å²) in [6.45, 7) is 1.64. The molecule has 0 bridgehead atoms. The van der Waals surface area contributed by atoms with Crippen LogP contribution in [0.15, 0.2) is 27.9 Å². The van der Waals surface area contributed by atoms with E-state index in [9.17, 15) is 5.21 Å². The van der Waals surface area contributed by atoms with Gasteiger partial charge in [0, 0.05) is 12.1 Å². The van der Waals surface area contributed by atoms with E-state index in [0.717, 1.165) is 4.79 Å². The maximum atomic E-state index is 11.4. The molecule has 0 atom stereocenters. The van der Waals surface area contributed by atoms with Crippen LogP contribution in [0.3, 0.4) is 0 Å². The standard InChI is InChI=1S/C13H14N8O4/c1-8-10(21(22)25-17-8)7-24-11-4-3-9(5-12(11)23-2)6-15-20-13(14)16-18-19-20/h3-6H,7H2,1-2H3,(H2,14,16,19)/b15-6+. The topological polar surface area (TPSA) is 153 Å². The number of hydrogen-bond acceptors (Lipinski definition) is 10. The van der Waals surface area contributed by atoms with Gasteiger partial charge in [0.05, 0.1) is 13.3 Å². The highest BCUT2D eigenvalue weighted by Crippen LogP contribution is 2.28. The highest BCUT2D eigenvalue weighted by atomic mass is 16.8. The van der Waals surface area contributed by atoms with Gasteiger partial charge >= 0.3 is 0 Å². The van der Waals surface area contributed by atoms with E-state index in [1.165, 1.54) is 13.3 Å². The molecule has 0 amide bonds. The Morgan fingerprint density at radius 2 is 2.28 bits per heavy atom. The molecule has 12 heteroatoms. The van der Waals surface area contributed by atoms with Crippen molar-refractivity contribution in [2.24, 2.45) is 5.10 Å². The SMILES string of the molecule is COc1cc(/C=N/n2nnnc2N)ccc1OCc1c(C)no[n+]1[O-]. The number of benzene rings is 1. The summed E-state index contributed by atoms with van der Waals surface area (Å²) in [6.07, 6.45) is 1.51. The van der Waals surface area contributed by atoms with Crippen molar-refractivity contribution in [3.63, 3.8) is 0 Å². The number of tetrazole rings is 1. The summed E-state index contributed by atoms with van der Waals surface area (Å²) in [5.74, 6) is 0.973. The monoisotopic (exact) mass is 346 g/mol. The zero-order valence-corrected chi connectivity index (χ0v) is 13.4. The lowest BCUT2D eigenvalue weighted by atomic mass is 10.2. The molecule has 1 aromatic carbocycles. The van der Waals surface area contributed by atoms with E-state index >= 15 is 0 Å². The summed E-state index contributed by atoms with van der Waals surface area (Å²) in [5, 5.41) is 29.5. The van der Waals surface area contributed by atoms with E-state index in [4.69, 9.17) is 15.2 Å². The zero-order valence-electron chi connectivity index (χ0n) is 13.4. The van der Waals surface area contributed by atoms with Crippen LogP contribution in [0.4, 0.5) is 5.95 Å². The Hall–Kier alpha value is -3.70. The lowest BCUT2D eigenvalue weighted by Gasteiger charge is -2.10. The lowest BCUT2D eigenvalue weighted by molar-refractivity contribution is -0.808. The largest absolute Gasteiger partial charge is 0.493 e. The van der Waals surface area contributed by atoms with Crippen LogP contribution in [-0.4, -0.2) is 38.8 Å². The molecule has 0 saturated heterocycles. The maximum Gasteiger partial charge on any atom is 0.263 e. The van der Waals surface area contributed by atoms with Crippen LogP contribution in [0, 0.1) is 12.1 Å². The average molecular weight is 346 g/mol. The van der Waals surface area contributed by atoms with Gasteiger partial charge in [-0.15, -0.1) is 0 Å². The number of nitrogens with two attached hydrogens (primary N) is 1. The number of nitrogens with zero attached hydrogens (tertiary/aromatic N) is 7. The van der Waals surface area contributed by atoms with Crippen LogP contribution in [0.25, 0.3) is 0 Å². The molecule has 2 aromatic heterocycles. The summed E-state index contributed by atoms with van der Waals surface area (Å²) < 4.78 is 15.4. The molecule has 0 saturated carbocycles. The van der Waals surface area contributed by atoms with Gasteiger partial charge in [-0.05, 0) is 39.1 Å². The van der Waals surface area contributed by atoms with E-state index in [1.54, 1.807) is 25.1 Å². The number of hydrogen-bond donors (Lipinski definition) is 1. The van der Waals surface area contributed by atoms with Gasteiger partial charge < -0.3 is 20.4 Å². The number of nitrogen functional groups attached to an aromatic ring is 1. The van der Waals surface area contributed by atoms with Gasteiger partial charge in [0.25, 0.3) is 5.95 Å². The van der Waals surface area contributed by atoms with Gasteiger partial charge in [0.1, 0.15) is 0 Å². The first kappa shape index (κ1) is 16.2. The molecular formula is C13H14N8O4. The molecule has 0 radical (unpaired) electrons. The van der Waals surface area contributed by atoms with Crippen LogP contribution >= 0.6 is 0 Å². The first-order valence-electron chi connectivity index (χ1n) is 7.02. The number of rotatable bonds is 6. The minimum Gasteiger partial charge on any atom is -0.493 e. The lowest BCUT2D eigenvalue weighted by Crippen LogP contribution is -2.29. The second kappa shape index (κ2) is 6.82. The summed E-state index contributed by atoms with van der Waals surface area (Å²) >= 11 is 0. The van der Waals surface area contributed by atoms with Crippen LogP contribution in [0.5, 0.6) is 11.5 Å². The molecule has 0 aliphatic rings. The Balaban J connectivity index is 1.75. The molecule has 130 valence electrons. The first-order chi connectivity index (χ1) is 12.1. The maximum absolute atomic E-state index is 11.4. The van der Waals surface area contributed by atoms with Crippen LogP contribution in [0.2, 0.25) is 0 Å². The van der Waals surface area contributed by atoms with Crippen molar-refractivity contribution >= 4 is 12.2 Å². The molecule has 2 heterocycles. The minimum atomic E-state index is -0.0101. The number of ether oxygens (including phenoxy) is 2. The fraction of sp³-hybridized carbons (Fsp3) is 0.231. The number of anilines is 1. The fourth-order valence-corrected chi connectivity index (χ4v) is 1.91. The zero-order chi connectivity index (χ0) is 17.8. The molecular weight excluding hydrogens is 332 g/mol. The molecule has 3 aromatic rings. The summed E-state index contributed by atoms with van der Waals surface area (Å²) in [7, 11) is 1.50. The van der Waals surface area contributed by atoms with Crippen molar-refractivity contribution in [2.45, 2.75) is 13.5 Å². The Morgan fingerprint density at radius 3 is 2.92 bits per heavy atom. The molecule has 2 N–H and O–H groups in total. The van der Waals surface area contributed by atoms with Crippen LogP contribution in [-0.2, 0) is 6.61 Å². The van der Waals surface area contributed by atoms with Crippen molar-refractivity contribution in [1.29, 1.82) is 0 Å². The third-order valence-electron chi connectivity index (χ3n) is 3.24. The van der Waals surface area contributed by atoms with Gasteiger partial charge in [-0.25, -0.2) is 0 Å². The minimum absolute atomic E-state index is 0.0101. The van der Waals surface area contributed by atoms with Crippen molar-refractivity contribution in [3.8, 4) is 11.5 Å². The van der Waals surface area contributed by atoms with Crippen molar-refractivity contribution < 1.29 is 19.0 Å². The van der Waals surface area contributed by atoms with Gasteiger partial charge in [-0.2, -0.15) is 5.10 Å². The van der Waals surface area contributed by atoms with E-state index < -0.39 is 0 Å². The molecule has 25 heavy (non-hydrogen) atoms. The molecule has 12 nitrogen and oxygen atoms in total. The molecule has 3 rings (SSSR count). The van der Waals surface area contributed by atoms with Gasteiger partial charge in [0.2, 0.25) is 11.4 Å². The molecule has 0 aliphatic carbocycles. The summed E-state index contributed by atoms with van der Waals surface area (Å²) in [5.41, 5.74) is 6.97. The van der Waals surface area contributed by atoms with Crippen LogP contribution in [0.1, 0.15) is 17.0 Å². The van der Waals surface area contributed by atoms with Gasteiger partial charge in [0.15, 0.2) is 18.1 Å². The highest BCUT2D eigenvalue weighted by molar-refractivity contribution is 5.80. The first-order valence-corrected chi connectivity index (χ1v) is 7.02. The average Bonchev–Trinajstić information content (AvgIpc) is 3.17. The predicted molar refractivity (Wildman–Crippen MR) is 82.7 cm³/mol. The molecule has 0 unspecified atom stereocenters. The third kappa shape index (κ3) is 3.46.